The average molecular weight is 424 g/mol. The lowest BCUT2D eigenvalue weighted by atomic mass is 10.1. The van der Waals surface area contributed by atoms with Crippen LogP contribution in [0.15, 0.2) is 24.3 Å². The van der Waals surface area contributed by atoms with Gasteiger partial charge in [-0.15, -0.1) is 11.3 Å². The molecule has 0 bridgehead atoms. The lowest BCUT2D eigenvalue weighted by Crippen LogP contribution is -2.35. The molecule has 0 spiro atoms. The molecule has 1 aromatic carbocycles. The lowest BCUT2D eigenvalue weighted by Gasteiger charge is -2.30. The van der Waals surface area contributed by atoms with Gasteiger partial charge in [0, 0.05) is 13.2 Å². The second-order valence-electron chi connectivity index (χ2n) is 8.02. The van der Waals surface area contributed by atoms with Crippen LogP contribution in [0.3, 0.4) is 0 Å². The lowest BCUT2D eigenvalue weighted by molar-refractivity contribution is 0.0662. The number of rotatable bonds is 6. The first kappa shape index (κ1) is 19.5. The number of thiophene rings is 1. The van der Waals surface area contributed by atoms with E-state index in [4.69, 9.17) is 9.47 Å². The average Bonchev–Trinajstić information content (AvgIpc) is 3.41. The van der Waals surface area contributed by atoms with Crippen molar-refractivity contribution in [3.63, 3.8) is 0 Å². The minimum Gasteiger partial charge on any atom is -0.480 e. The summed E-state index contributed by atoms with van der Waals surface area (Å²) in [6.45, 7) is 2.28. The van der Waals surface area contributed by atoms with Gasteiger partial charge in [-0.05, 0) is 49.3 Å². The highest BCUT2D eigenvalue weighted by molar-refractivity contribution is 7.20. The monoisotopic (exact) mass is 423 g/mol. The van der Waals surface area contributed by atoms with Gasteiger partial charge in [0.1, 0.15) is 11.4 Å². The molecular formula is C23H25N3O3S. The van der Waals surface area contributed by atoms with E-state index in [0.717, 1.165) is 46.3 Å². The fourth-order valence-electron chi connectivity index (χ4n) is 4.54. The van der Waals surface area contributed by atoms with Crippen molar-refractivity contribution in [2.75, 3.05) is 14.2 Å². The molecule has 2 aliphatic rings. The summed E-state index contributed by atoms with van der Waals surface area (Å²) in [4.78, 5) is 26.6. The van der Waals surface area contributed by atoms with Crippen molar-refractivity contribution in [2.24, 2.45) is 0 Å². The Morgan fingerprint density at radius 2 is 2.00 bits per heavy atom. The highest BCUT2D eigenvalue weighted by Crippen LogP contribution is 2.44. The second-order valence-corrected chi connectivity index (χ2v) is 9.01. The number of hydrogen-bond donors (Lipinski definition) is 0. The van der Waals surface area contributed by atoms with Gasteiger partial charge in [-0.3, -0.25) is 4.79 Å². The Hall–Kier alpha value is -2.51. The largest absolute Gasteiger partial charge is 0.480 e. The first-order chi connectivity index (χ1) is 14.6. The van der Waals surface area contributed by atoms with Crippen LogP contribution in [0.2, 0.25) is 0 Å². The Morgan fingerprint density at radius 1 is 1.20 bits per heavy atom. The Morgan fingerprint density at radius 3 is 2.73 bits per heavy atom. The second kappa shape index (κ2) is 7.63. The molecular weight excluding hydrogens is 398 g/mol. The Kier molecular flexibility index (Phi) is 4.95. The quantitative estimate of drug-likeness (QED) is 0.586. The van der Waals surface area contributed by atoms with Crippen LogP contribution in [0.1, 0.15) is 57.5 Å². The van der Waals surface area contributed by atoms with Crippen molar-refractivity contribution < 1.29 is 14.3 Å². The summed E-state index contributed by atoms with van der Waals surface area (Å²) >= 11 is 1.44. The van der Waals surface area contributed by atoms with E-state index in [1.807, 2.05) is 6.92 Å². The summed E-state index contributed by atoms with van der Waals surface area (Å²) in [6, 6.07) is 9.02. The molecule has 2 aromatic heterocycles. The van der Waals surface area contributed by atoms with Crippen LogP contribution >= 0.6 is 11.3 Å². The number of aromatic nitrogens is 2. The molecule has 7 heteroatoms. The third-order valence-corrected chi connectivity index (χ3v) is 7.25. The molecule has 1 fully saturated rings. The van der Waals surface area contributed by atoms with E-state index in [9.17, 15) is 4.79 Å². The normalized spacial score (nSPS) is 17.9. The zero-order valence-corrected chi connectivity index (χ0v) is 18.3. The summed E-state index contributed by atoms with van der Waals surface area (Å²) in [7, 11) is 3.21. The van der Waals surface area contributed by atoms with Gasteiger partial charge < -0.3 is 14.4 Å². The maximum Gasteiger partial charge on any atom is 0.265 e. The molecule has 0 aliphatic heterocycles. The Labute approximate surface area is 179 Å². The maximum atomic E-state index is 13.8. The zero-order valence-electron chi connectivity index (χ0n) is 17.5. The zero-order chi connectivity index (χ0) is 20.8. The summed E-state index contributed by atoms with van der Waals surface area (Å²) in [5, 5.41) is 0.827. The molecule has 1 unspecified atom stereocenters. The van der Waals surface area contributed by atoms with Crippen molar-refractivity contribution in [3.05, 3.63) is 51.7 Å². The van der Waals surface area contributed by atoms with E-state index >= 15 is 0 Å². The van der Waals surface area contributed by atoms with Crippen LogP contribution in [0, 0.1) is 6.92 Å². The number of amides is 1. The first-order valence-corrected chi connectivity index (χ1v) is 11.2. The SMILES string of the molecule is COCc1nc(OC)c2c(C)c(C(=O)N(C3CC3)C3CCc4ccccc43)sc2n1. The van der Waals surface area contributed by atoms with E-state index in [1.54, 1.807) is 14.2 Å². The highest BCUT2D eigenvalue weighted by atomic mass is 32.1. The minimum atomic E-state index is 0.107. The number of carbonyl (C=O) groups is 1. The summed E-state index contributed by atoms with van der Waals surface area (Å²) in [6.07, 6.45) is 4.18. The molecule has 2 aliphatic carbocycles. The topological polar surface area (TPSA) is 64.6 Å². The van der Waals surface area contributed by atoms with Crippen molar-refractivity contribution >= 4 is 27.5 Å². The fourth-order valence-corrected chi connectivity index (χ4v) is 5.68. The number of nitrogens with zero attached hydrogens (tertiary/aromatic N) is 3. The number of benzene rings is 1. The molecule has 6 nitrogen and oxygen atoms in total. The summed E-state index contributed by atoms with van der Waals surface area (Å²) in [5.74, 6) is 1.17. The van der Waals surface area contributed by atoms with Crippen LogP contribution in [-0.4, -0.2) is 41.0 Å². The van der Waals surface area contributed by atoms with Gasteiger partial charge >= 0.3 is 0 Å². The smallest absolute Gasteiger partial charge is 0.265 e. The van der Waals surface area contributed by atoms with Gasteiger partial charge in [0.25, 0.3) is 5.91 Å². The van der Waals surface area contributed by atoms with Crippen LogP contribution in [0.4, 0.5) is 0 Å². The molecule has 156 valence electrons. The number of carbonyl (C=O) groups excluding carboxylic acids is 1. The van der Waals surface area contributed by atoms with Crippen LogP contribution < -0.4 is 4.74 Å². The van der Waals surface area contributed by atoms with E-state index in [0.29, 0.717) is 24.4 Å². The predicted molar refractivity (Wildman–Crippen MR) is 116 cm³/mol. The van der Waals surface area contributed by atoms with E-state index in [2.05, 4.69) is 39.1 Å². The number of aryl methyl sites for hydroxylation is 2. The Balaban J connectivity index is 1.57. The summed E-state index contributed by atoms with van der Waals surface area (Å²) < 4.78 is 10.7. The van der Waals surface area contributed by atoms with Crippen molar-refractivity contribution in [2.45, 2.75) is 51.3 Å². The van der Waals surface area contributed by atoms with Gasteiger partial charge in [0.2, 0.25) is 5.88 Å². The van der Waals surface area contributed by atoms with Crippen molar-refractivity contribution in [3.8, 4) is 5.88 Å². The third kappa shape index (κ3) is 3.17. The molecule has 3 aromatic rings. The molecule has 0 radical (unpaired) electrons. The Bertz CT molecular complexity index is 1120. The van der Waals surface area contributed by atoms with Gasteiger partial charge in [0.05, 0.1) is 23.4 Å². The van der Waals surface area contributed by atoms with Crippen LogP contribution in [0.25, 0.3) is 10.2 Å². The molecule has 5 rings (SSSR count). The minimum absolute atomic E-state index is 0.107. The molecule has 0 N–H and O–H groups in total. The highest BCUT2D eigenvalue weighted by Gasteiger charge is 2.41. The van der Waals surface area contributed by atoms with Crippen LogP contribution in [-0.2, 0) is 17.8 Å². The number of fused-ring (bicyclic) bond motifs is 2. The standard InChI is InChI=1S/C23H25N3O3S/c1-13-19-21(29-3)24-18(12-28-2)25-22(19)30-20(13)23(27)26(15-9-10-15)17-11-8-14-6-4-5-7-16(14)17/h4-7,15,17H,8-12H2,1-3H3. The molecule has 1 atom stereocenters. The van der Waals surface area contributed by atoms with Gasteiger partial charge in [0.15, 0.2) is 5.82 Å². The van der Waals surface area contributed by atoms with E-state index in [-0.39, 0.29) is 11.9 Å². The van der Waals surface area contributed by atoms with Crippen LogP contribution in [0.5, 0.6) is 5.88 Å². The number of methoxy groups -OCH3 is 2. The van der Waals surface area contributed by atoms with Gasteiger partial charge in [-0.25, -0.2) is 4.98 Å². The van der Waals surface area contributed by atoms with Crippen molar-refractivity contribution in [1.29, 1.82) is 0 Å². The number of hydrogen-bond acceptors (Lipinski definition) is 6. The third-order valence-electron chi connectivity index (χ3n) is 6.08. The van der Waals surface area contributed by atoms with E-state index in [1.165, 1.54) is 22.5 Å². The van der Waals surface area contributed by atoms with E-state index < -0.39 is 0 Å². The molecule has 1 amide bonds. The molecule has 30 heavy (non-hydrogen) atoms. The predicted octanol–water partition coefficient (Wildman–Crippen LogP) is 4.45. The number of ether oxygens (including phenoxy) is 2. The molecule has 0 saturated heterocycles. The van der Waals surface area contributed by atoms with Gasteiger partial charge in [-0.1, -0.05) is 24.3 Å². The summed E-state index contributed by atoms with van der Waals surface area (Å²) in [5.41, 5.74) is 3.57. The van der Waals surface area contributed by atoms with Crippen molar-refractivity contribution in [1.82, 2.24) is 14.9 Å². The first-order valence-electron chi connectivity index (χ1n) is 10.4. The molecule has 1 saturated carbocycles. The fraction of sp³-hybridized carbons (Fsp3) is 0.435. The maximum absolute atomic E-state index is 13.8. The molecule has 2 heterocycles. The van der Waals surface area contributed by atoms with Gasteiger partial charge in [-0.2, -0.15) is 4.98 Å².